The Hall–Kier alpha value is -1.55. The number of nitrogen functional groups attached to an aromatic ring is 1. The molecule has 1 amide bonds. The minimum absolute atomic E-state index is 0.0969. The first kappa shape index (κ1) is 13.4. The number of benzene rings is 1. The van der Waals surface area contributed by atoms with Gasteiger partial charge in [0.15, 0.2) is 0 Å². The molecule has 2 unspecified atom stereocenters. The first-order chi connectivity index (χ1) is 9.58. The van der Waals surface area contributed by atoms with Crippen molar-refractivity contribution < 1.29 is 4.79 Å². The van der Waals surface area contributed by atoms with Gasteiger partial charge < -0.3 is 10.6 Å². The molecule has 2 aliphatic heterocycles. The van der Waals surface area contributed by atoms with Gasteiger partial charge >= 0.3 is 0 Å². The molecule has 2 fully saturated rings. The predicted octanol–water partition coefficient (Wildman–Crippen LogP) is 1.89. The van der Waals surface area contributed by atoms with Gasteiger partial charge in [-0.25, -0.2) is 0 Å². The summed E-state index contributed by atoms with van der Waals surface area (Å²) in [5.41, 5.74) is 8.27. The van der Waals surface area contributed by atoms with Crippen molar-refractivity contribution in [3.63, 3.8) is 0 Å². The highest BCUT2D eigenvalue weighted by Gasteiger charge is 2.37. The Labute approximate surface area is 120 Å². The van der Waals surface area contributed by atoms with Crippen LogP contribution in [0.15, 0.2) is 18.2 Å². The maximum absolute atomic E-state index is 12.9. The maximum Gasteiger partial charge on any atom is 0.256 e. The van der Waals surface area contributed by atoms with Gasteiger partial charge in [0.25, 0.3) is 5.91 Å². The van der Waals surface area contributed by atoms with E-state index in [-0.39, 0.29) is 11.9 Å². The van der Waals surface area contributed by atoms with E-state index in [1.54, 1.807) is 0 Å². The highest BCUT2D eigenvalue weighted by Crippen LogP contribution is 2.27. The van der Waals surface area contributed by atoms with E-state index >= 15 is 0 Å². The molecule has 4 nitrogen and oxygen atoms in total. The van der Waals surface area contributed by atoms with Crippen molar-refractivity contribution in [1.29, 1.82) is 0 Å². The Morgan fingerprint density at radius 2 is 2.15 bits per heavy atom. The number of nitrogens with zero attached hydrogens (tertiary/aromatic N) is 2. The van der Waals surface area contributed by atoms with Crippen LogP contribution in [0.25, 0.3) is 0 Å². The second kappa shape index (κ2) is 5.09. The van der Waals surface area contributed by atoms with Gasteiger partial charge in [-0.15, -0.1) is 0 Å². The summed E-state index contributed by atoms with van der Waals surface area (Å²) in [6, 6.07) is 6.48. The van der Waals surface area contributed by atoms with Gasteiger partial charge in [0.2, 0.25) is 0 Å². The fraction of sp³-hybridized carbons (Fsp3) is 0.562. The van der Waals surface area contributed by atoms with E-state index in [2.05, 4.69) is 11.8 Å². The molecule has 2 atom stereocenters. The Balaban J connectivity index is 1.86. The summed E-state index contributed by atoms with van der Waals surface area (Å²) in [4.78, 5) is 17.4. The average molecular weight is 273 g/mol. The smallest absolute Gasteiger partial charge is 0.256 e. The molecular formula is C16H23N3O. The molecule has 3 rings (SSSR count). The third-order valence-corrected chi connectivity index (χ3v) is 4.72. The third-order valence-electron chi connectivity index (χ3n) is 4.72. The Bertz CT molecular complexity index is 508. The number of amides is 1. The molecule has 2 heterocycles. The first-order valence-corrected chi connectivity index (χ1v) is 7.48. The number of hydrogen-bond acceptors (Lipinski definition) is 3. The van der Waals surface area contributed by atoms with E-state index in [9.17, 15) is 4.79 Å². The lowest BCUT2D eigenvalue weighted by Crippen LogP contribution is -2.56. The lowest BCUT2D eigenvalue weighted by atomic mass is 10.0. The van der Waals surface area contributed by atoms with Crippen molar-refractivity contribution >= 4 is 11.6 Å². The zero-order valence-electron chi connectivity index (χ0n) is 12.3. The molecule has 0 aromatic heterocycles. The minimum atomic E-state index is 0.0969. The van der Waals surface area contributed by atoms with Crippen molar-refractivity contribution in [3.05, 3.63) is 29.3 Å². The summed E-state index contributed by atoms with van der Waals surface area (Å²) in [5, 5.41) is 0. The van der Waals surface area contributed by atoms with E-state index in [0.29, 0.717) is 17.3 Å². The van der Waals surface area contributed by atoms with E-state index in [4.69, 9.17) is 5.73 Å². The minimum Gasteiger partial charge on any atom is -0.398 e. The van der Waals surface area contributed by atoms with Crippen LogP contribution in [0.3, 0.4) is 0 Å². The van der Waals surface area contributed by atoms with Crippen LogP contribution < -0.4 is 5.73 Å². The summed E-state index contributed by atoms with van der Waals surface area (Å²) < 4.78 is 0. The maximum atomic E-state index is 12.9. The molecule has 0 aliphatic carbocycles. The SMILES string of the molecule is Cc1cccc(N)c1C(=O)N1CC2CCCN2CC1C. The van der Waals surface area contributed by atoms with E-state index in [1.807, 2.05) is 30.0 Å². The van der Waals surface area contributed by atoms with Gasteiger partial charge in [-0.3, -0.25) is 9.69 Å². The van der Waals surface area contributed by atoms with Gasteiger partial charge in [0.1, 0.15) is 0 Å². The van der Waals surface area contributed by atoms with Crippen LogP contribution in [0.5, 0.6) is 0 Å². The number of nitrogens with two attached hydrogens (primary N) is 1. The molecule has 1 aromatic rings. The number of rotatable bonds is 1. The molecule has 0 saturated carbocycles. The largest absolute Gasteiger partial charge is 0.398 e. The Morgan fingerprint density at radius 1 is 1.35 bits per heavy atom. The number of anilines is 1. The van der Waals surface area contributed by atoms with Crippen molar-refractivity contribution in [1.82, 2.24) is 9.80 Å². The van der Waals surface area contributed by atoms with Gasteiger partial charge in [0, 0.05) is 30.9 Å². The lowest BCUT2D eigenvalue weighted by molar-refractivity contribution is 0.0396. The van der Waals surface area contributed by atoms with Crippen LogP contribution >= 0.6 is 0 Å². The molecule has 108 valence electrons. The molecule has 20 heavy (non-hydrogen) atoms. The Morgan fingerprint density at radius 3 is 2.90 bits per heavy atom. The first-order valence-electron chi connectivity index (χ1n) is 7.48. The number of aryl methyl sites for hydroxylation is 1. The van der Waals surface area contributed by atoms with Crippen molar-refractivity contribution in [2.75, 3.05) is 25.4 Å². The fourth-order valence-corrected chi connectivity index (χ4v) is 3.60. The highest BCUT2D eigenvalue weighted by molar-refractivity contribution is 6.00. The van der Waals surface area contributed by atoms with Crippen LogP contribution in [-0.4, -0.2) is 47.4 Å². The lowest BCUT2D eigenvalue weighted by Gasteiger charge is -2.42. The quantitative estimate of drug-likeness (QED) is 0.795. The predicted molar refractivity (Wildman–Crippen MR) is 80.7 cm³/mol. The molecular weight excluding hydrogens is 250 g/mol. The van der Waals surface area contributed by atoms with Gasteiger partial charge in [-0.2, -0.15) is 0 Å². The molecule has 2 saturated heterocycles. The summed E-state index contributed by atoms with van der Waals surface area (Å²) in [6.45, 7) is 7.11. The summed E-state index contributed by atoms with van der Waals surface area (Å²) in [5.74, 6) is 0.0969. The van der Waals surface area contributed by atoms with Gasteiger partial charge in [0.05, 0.1) is 5.56 Å². The zero-order valence-corrected chi connectivity index (χ0v) is 12.3. The standard InChI is InChI=1S/C16H23N3O/c1-11-5-3-7-14(17)15(11)16(20)19-10-13-6-4-8-18(13)9-12(19)2/h3,5,7,12-13H,4,6,8-10,17H2,1-2H3. The van der Waals surface area contributed by atoms with Crippen LogP contribution in [0.2, 0.25) is 0 Å². The van der Waals surface area contributed by atoms with Gasteiger partial charge in [-0.1, -0.05) is 12.1 Å². The van der Waals surface area contributed by atoms with Crippen LogP contribution in [0.4, 0.5) is 5.69 Å². The molecule has 0 radical (unpaired) electrons. The van der Waals surface area contributed by atoms with Crippen LogP contribution in [-0.2, 0) is 0 Å². The second-order valence-electron chi connectivity index (χ2n) is 6.14. The fourth-order valence-electron chi connectivity index (χ4n) is 3.60. The van der Waals surface area contributed by atoms with E-state index < -0.39 is 0 Å². The van der Waals surface area contributed by atoms with Crippen molar-refractivity contribution in [3.8, 4) is 0 Å². The molecule has 1 aromatic carbocycles. The summed E-state index contributed by atoms with van der Waals surface area (Å²) in [7, 11) is 0. The molecule has 2 N–H and O–H groups in total. The van der Waals surface area contributed by atoms with Crippen LogP contribution in [0.1, 0.15) is 35.7 Å². The van der Waals surface area contributed by atoms with E-state index in [0.717, 1.165) is 18.7 Å². The van der Waals surface area contributed by atoms with Gasteiger partial charge in [-0.05, 0) is 44.9 Å². The second-order valence-corrected chi connectivity index (χ2v) is 6.14. The number of piperazine rings is 1. The highest BCUT2D eigenvalue weighted by atomic mass is 16.2. The van der Waals surface area contributed by atoms with Crippen molar-refractivity contribution in [2.24, 2.45) is 0 Å². The summed E-state index contributed by atoms with van der Waals surface area (Å²) >= 11 is 0. The normalized spacial score (nSPS) is 26.6. The third kappa shape index (κ3) is 2.18. The average Bonchev–Trinajstić information content (AvgIpc) is 2.84. The summed E-state index contributed by atoms with van der Waals surface area (Å²) in [6.07, 6.45) is 2.46. The van der Waals surface area contributed by atoms with Crippen LogP contribution in [0, 0.1) is 6.92 Å². The topological polar surface area (TPSA) is 49.6 Å². The number of carbonyl (C=O) groups is 1. The molecule has 2 aliphatic rings. The zero-order chi connectivity index (χ0) is 14.3. The Kier molecular flexibility index (Phi) is 3.42. The number of carbonyl (C=O) groups excluding carboxylic acids is 1. The molecule has 4 heteroatoms. The number of fused-ring (bicyclic) bond motifs is 1. The molecule has 0 spiro atoms. The molecule has 0 bridgehead atoms. The number of hydrogen-bond donors (Lipinski definition) is 1. The van der Waals surface area contributed by atoms with E-state index in [1.165, 1.54) is 19.4 Å². The van der Waals surface area contributed by atoms with Crippen molar-refractivity contribution in [2.45, 2.75) is 38.8 Å². The monoisotopic (exact) mass is 273 g/mol.